The van der Waals surface area contributed by atoms with E-state index in [2.05, 4.69) is 22.7 Å². The van der Waals surface area contributed by atoms with Crippen LogP contribution in [-0.2, 0) is 11.3 Å². The summed E-state index contributed by atoms with van der Waals surface area (Å²) in [5.74, 6) is 0.866. The number of rotatable bonds is 6. The zero-order valence-corrected chi connectivity index (χ0v) is 14.1. The molecule has 24 heavy (non-hydrogen) atoms. The number of ether oxygens (including phenoxy) is 1. The SMILES string of the molecule is C[C@H](Cn1cccn1)N[C@H](C)C(=O)N[C@@H]1CCOc2ccccc21. The van der Waals surface area contributed by atoms with Crippen molar-refractivity contribution in [1.82, 2.24) is 20.4 Å². The van der Waals surface area contributed by atoms with Crippen molar-refractivity contribution >= 4 is 5.91 Å². The number of nitrogens with zero attached hydrogens (tertiary/aromatic N) is 2. The summed E-state index contributed by atoms with van der Waals surface area (Å²) < 4.78 is 7.50. The summed E-state index contributed by atoms with van der Waals surface area (Å²) in [6.45, 7) is 5.29. The van der Waals surface area contributed by atoms with Crippen molar-refractivity contribution in [2.45, 2.75) is 44.9 Å². The fourth-order valence-electron chi connectivity index (χ4n) is 3.03. The van der Waals surface area contributed by atoms with E-state index in [9.17, 15) is 4.79 Å². The lowest BCUT2D eigenvalue weighted by molar-refractivity contribution is -0.123. The van der Waals surface area contributed by atoms with E-state index in [1.807, 2.05) is 48.1 Å². The van der Waals surface area contributed by atoms with E-state index >= 15 is 0 Å². The lowest BCUT2D eigenvalue weighted by Crippen LogP contribution is -2.48. The van der Waals surface area contributed by atoms with E-state index in [4.69, 9.17) is 4.74 Å². The topological polar surface area (TPSA) is 68.2 Å². The lowest BCUT2D eigenvalue weighted by Gasteiger charge is -2.28. The van der Waals surface area contributed by atoms with Gasteiger partial charge in [0.1, 0.15) is 5.75 Å². The van der Waals surface area contributed by atoms with Gasteiger partial charge in [0.05, 0.1) is 25.2 Å². The van der Waals surface area contributed by atoms with E-state index in [-0.39, 0.29) is 24.0 Å². The van der Waals surface area contributed by atoms with Gasteiger partial charge < -0.3 is 15.4 Å². The molecule has 3 atom stereocenters. The summed E-state index contributed by atoms with van der Waals surface area (Å²) >= 11 is 0. The molecule has 6 nitrogen and oxygen atoms in total. The molecule has 0 aliphatic carbocycles. The molecule has 0 saturated carbocycles. The lowest BCUT2D eigenvalue weighted by atomic mass is 10.0. The molecule has 1 amide bonds. The van der Waals surface area contributed by atoms with Gasteiger partial charge in [-0.25, -0.2) is 0 Å². The fourth-order valence-corrected chi connectivity index (χ4v) is 3.03. The molecule has 1 aliphatic heterocycles. The molecule has 2 heterocycles. The van der Waals surface area contributed by atoms with Crippen molar-refractivity contribution < 1.29 is 9.53 Å². The van der Waals surface area contributed by atoms with Crippen LogP contribution in [0.2, 0.25) is 0 Å². The van der Waals surface area contributed by atoms with Gasteiger partial charge in [-0.1, -0.05) is 18.2 Å². The number of nitrogens with one attached hydrogen (secondary N) is 2. The molecule has 128 valence electrons. The Kier molecular flexibility index (Phi) is 5.15. The molecule has 0 fully saturated rings. The van der Waals surface area contributed by atoms with Crippen LogP contribution in [0.3, 0.4) is 0 Å². The van der Waals surface area contributed by atoms with Gasteiger partial charge in [-0.05, 0) is 26.0 Å². The van der Waals surface area contributed by atoms with Crippen molar-refractivity contribution in [2.24, 2.45) is 0 Å². The Balaban J connectivity index is 1.55. The largest absolute Gasteiger partial charge is 0.493 e. The highest BCUT2D eigenvalue weighted by atomic mass is 16.5. The number of fused-ring (bicyclic) bond motifs is 1. The minimum Gasteiger partial charge on any atom is -0.493 e. The number of benzene rings is 1. The van der Waals surface area contributed by atoms with Gasteiger partial charge in [0, 0.05) is 30.4 Å². The van der Waals surface area contributed by atoms with Crippen LogP contribution in [0.25, 0.3) is 0 Å². The number of amides is 1. The number of aromatic nitrogens is 2. The van der Waals surface area contributed by atoms with Crippen molar-refractivity contribution in [1.29, 1.82) is 0 Å². The van der Waals surface area contributed by atoms with Crippen molar-refractivity contribution in [3.63, 3.8) is 0 Å². The quantitative estimate of drug-likeness (QED) is 0.850. The molecule has 6 heteroatoms. The average Bonchev–Trinajstić information content (AvgIpc) is 3.08. The average molecular weight is 328 g/mol. The van der Waals surface area contributed by atoms with Crippen LogP contribution in [-0.4, -0.2) is 34.4 Å². The smallest absolute Gasteiger partial charge is 0.237 e. The normalized spacial score (nSPS) is 19.0. The second-order valence-corrected chi connectivity index (χ2v) is 6.25. The summed E-state index contributed by atoms with van der Waals surface area (Å²) in [7, 11) is 0. The molecule has 0 radical (unpaired) electrons. The van der Waals surface area contributed by atoms with Gasteiger partial charge in [0.15, 0.2) is 0 Å². The summed E-state index contributed by atoms with van der Waals surface area (Å²) in [5, 5.41) is 10.7. The van der Waals surface area contributed by atoms with E-state index in [1.54, 1.807) is 6.20 Å². The van der Waals surface area contributed by atoms with Crippen LogP contribution in [0.5, 0.6) is 5.75 Å². The third-order valence-corrected chi connectivity index (χ3v) is 4.22. The highest BCUT2D eigenvalue weighted by Crippen LogP contribution is 2.31. The van der Waals surface area contributed by atoms with E-state index < -0.39 is 0 Å². The Bertz CT molecular complexity index is 671. The summed E-state index contributed by atoms with van der Waals surface area (Å²) in [5.41, 5.74) is 1.05. The molecule has 1 aromatic heterocycles. The summed E-state index contributed by atoms with van der Waals surface area (Å²) in [6.07, 6.45) is 4.46. The molecule has 3 rings (SSSR count). The second-order valence-electron chi connectivity index (χ2n) is 6.25. The Morgan fingerprint density at radius 1 is 1.38 bits per heavy atom. The Morgan fingerprint density at radius 3 is 3.00 bits per heavy atom. The maximum atomic E-state index is 12.5. The molecule has 0 bridgehead atoms. The van der Waals surface area contributed by atoms with Gasteiger partial charge in [-0.15, -0.1) is 0 Å². The minimum absolute atomic E-state index is 0.00372. The first-order valence-corrected chi connectivity index (χ1v) is 8.39. The predicted octanol–water partition coefficient (Wildman–Crippen LogP) is 1.89. The third-order valence-electron chi connectivity index (χ3n) is 4.22. The number of carbonyl (C=O) groups excluding carboxylic acids is 1. The monoisotopic (exact) mass is 328 g/mol. The maximum Gasteiger partial charge on any atom is 0.237 e. The standard InChI is InChI=1S/C18H24N4O2/c1-13(12-22-10-5-9-19-22)20-14(2)18(23)21-16-8-11-24-17-7-4-3-6-15(16)17/h3-7,9-10,13-14,16,20H,8,11-12H2,1-2H3,(H,21,23)/t13-,14-,16-/m1/s1. The second kappa shape index (κ2) is 7.49. The van der Waals surface area contributed by atoms with Gasteiger partial charge in [0.25, 0.3) is 0 Å². The highest BCUT2D eigenvalue weighted by molar-refractivity contribution is 5.81. The van der Waals surface area contributed by atoms with Gasteiger partial charge >= 0.3 is 0 Å². The van der Waals surface area contributed by atoms with Crippen LogP contribution in [0.1, 0.15) is 31.9 Å². The van der Waals surface area contributed by atoms with Crippen LogP contribution in [0.15, 0.2) is 42.7 Å². The first kappa shape index (κ1) is 16.5. The molecule has 0 saturated heterocycles. The highest BCUT2D eigenvalue weighted by Gasteiger charge is 2.25. The van der Waals surface area contributed by atoms with Gasteiger partial charge in [-0.3, -0.25) is 9.48 Å². The molecule has 2 aromatic rings. The van der Waals surface area contributed by atoms with E-state index in [1.165, 1.54) is 0 Å². The first-order valence-electron chi connectivity index (χ1n) is 8.39. The molecule has 2 N–H and O–H groups in total. The minimum atomic E-state index is -0.273. The number of hydrogen-bond donors (Lipinski definition) is 2. The van der Waals surface area contributed by atoms with E-state index in [0.29, 0.717) is 6.61 Å². The molecular weight excluding hydrogens is 304 g/mol. The molecule has 1 aromatic carbocycles. The summed E-state index contributed by atoms with van der Waals surface area (Å²) in [4.78, 5) is 12.5. The van der Waals surface area contributed by atoms with Crippen LogP contribution in [0.4, 0.5) is 0 Å². The Morgan fingerprint density at radius 2 is 2.21 bits per heavy atom. The van der Waals surface area contributed by atoms with Crippen LogP contribution < -0.4 is 15.4 Å². The van der Waals surface area contributed by atoms with Crippen LogP contribution in [0, 0.1) is 0 Å². The number of carbonyl (C=O) groups is 1. The maximum absolute atomic E-state index is 12.5. The fraction of sp³-hybridized carbons (Fsp3) is 0.444. The molecule has 1 aliphatic rings. The Hall–Kier alpha value is -2.34. The molecule has 0 spiro atoms. The summed E-state index contributed by atoms with van der Waals surface area (Å²) in [6, 6.07) is 9.65. The third kappa shape index (κ3) is 3.94. The van der Waals surface area contributed by atoms with Crippen molar-refractivity contribution in [3.8, 4) is 5.75 Å². The number of hydrogen-bond acceptors (Lipinski definition) is 4. The van der Waals surface area contributed by atoms with Crippen molar-refractivity contribution in [3.05, 3.63) is 48.3 Å². The number of para-hydroxylation sites is 1. The zero-order valence-electron chi connectivity index (χ0n) is 14.1. The zero-order chi connectivity index (χ0) is 16.9. The van der Waals surface area contributed by atoms with Gasteiger partial charge in [0.2, 0.25) is 5.91 Å². The molecular formula is C18H24N4O2. The first-order chi connectivity index (χ1) is 11.6. The van der Waals surface area contributed by atoms with Crippen molar-refractivity contribution in [2.75, 3.05) is 6.61 Å². The Labute approximate surface area is 142 Å². The molecule has 0 unspecified atom stereocenters. The van der Waals surface area contributed by atoms with E-state index in [0.717, 1.165) is 24.3 Å². The van der Waals surface area contributed by atoms with Gasteiger partial charge in [-0.2, -0.15) is 5.10 Å². The van der Waals surface area contributed by atoms with Crippen LogP contribution >= 0.6 is 0 Å². The predicted molar refractivity (Wildman–Crippen MR) is 91.7 cm³/mol.